The number of aromatic nitrogens is 2. The van der Waals surface area contributed by atoms with Crippen molar-refractivity contribution in [1.29, 1.82) is 0 Å². The molecule has 0 unspecified atom stereocenters. The molecule has 5 atom stereocenters. The second-order valence-corrected chi connectivity index (χ2v) is 6.99. The molecule has 2 heterocycles. The van der Waals surface area contributed by atoms with Crippen LogP contribution in [0.25, 0.3) is 6.08 Å². The van der Waals surface area contributed by atoms with Crippen molar-refractivity contribution < 1.29 is 20.1 Å². The van der Waals surface area contributed by atoms with Crippen molar-refractivity contribution in [2.75, 3.05) is 14.1 Å². The maximum absolute atomic E-state index is 10.1. The van der Waals surface area contributed by atoms with Gasteiger partial charge in [-0.1, -0.05) is 24.8 Å². The van der Waals surface area contributed by atoms with Crippen LogP contribution in [0.15, 0.2) is 36.8 Å². The SMILES string of the molecule is C/C=C\c1c(C)ncnc1C.C=C/C(=C\N(C)C)[C@H](O)[C@H]1O[C@@H](C)[C@H](O)[C@@H]1O. The first-order chi connectivity index (χ1) is 13.1. The lowest BCUT2D eigenvalue weighted by Crippen LogP contribution is -2.39. The molecule has 0 saturated carbocycles. The van der Waals surface area contributed by atoms with Crippen molar-refractivity contribution >= 4 is 6.08 Å². The molecule has 1 aromatic heterocycles. The van der Waals surface area contributed by atoms with E-state index in [4.69, 9.17) is 4.74 Å². The normalized spacial score (nSPS) is 26.0. The molecule has 0 radical (unpaired) electrons. The Morgan fingerprint density at radius 2 is 1.79 bits per heavy atom. The fourth-order valence-electron chi connectivity index (χ4n) is 2.89. The van der Waals surface area contributed by atoms with Crippen molar-refractivity contribution in [3.05, 3.63) is 53.8 Å². The van der Waals surface area contributed by atoms with E-state index in [1.807, 2.05) is 47.0 Å². The van der Waals surface area contributed by atoms with Gasteiger partial charge in [0.05, 0.1) is 6.10 Å². The Kier molecular flexibility index (Phi) is 9.48. The van der Waals surface area contributed by atoms with Gasteiger partial charge in [-0.2, -0.15) is 0 Å². The number of ether oxygens (including phenoxy) is 1. The highest BCUT2D eigenvalue weighted by Gasteiger charge is 2.44. The van der Waals surface area contributed by atoms with Gasteiger partial charge in [0.15, 0.2) is 0 Å². The van der Waals surface area contributed by atoms with Crippen molar-refractivity contribution in [3.8, 4) is 0 Å². The first-order valence-electron chi connectivity index (χ1n) is 9.25. The molecule has 0 aromatic carbocycles. The molecule has 7 nitrogen and oxygen atoms in total. The number of allylic oxidation sites excluding steroid dienone is 1. The Morgan fingerprint density at radius 1 is 1.21 bits per heavy atom. The Hall–Kier alpha value is -2.06. The van der Waals surface area contributed by atoms with Crippen molar-refractivity contribution in [2.24, 2.45) is 0 Å². The van der Waals surface area contributed by atoms with Gasteiger partial charge in [-0.05, 0) is 33.3 Å². The van der Waals surface area contributed by atoms with E-state index in [2.05, 4.69) is 16.5 Å². The first kappa shape index (κ1) is 24.0. The molecule has 0 amide bonds. The fourth-order valence-corrected chi connectivity index (χ4v) is 2.89. The third-order valence-corrected chi connectivity index (χ3v) is 4.45. The van der Waals surface area contributed by atoms with Crippen molar-refractivity contribution in [2.45, 2.75) is 58.2 Å². The topological polar surface area (TPSA) is 98.9 Å². The van der Waals surface area contributed by atoms with Crippen LogP contribution in [0.1, 0.15) is 30.8 Å². The summed E-state index contributed by atoms with van der Waals surface area (Å²) in [4.78, 5) is 9.96. The molecular weight excluding hydrogens is 358 g/mol. The van der Waals surface area contributed by atoms with E-state index in [1.165, 1.54) is 6.08 Å². The number of aliphatic hydroxyl groups is 3. The van der Waals surface area contributed by atoms with E-state index < -0.39 is 30.5 Å². The van der Waals surface area contributed by atoms with Gasteiger partial charge >= 0.3 is 0 Å². The highest BCUT2D eigenvalue weighted by atomic mass is 16.6. The largest absolute Gasteiger partial charge is 0.388 e. The molecule has 0 bridgehead atoms. The van der Waals surface area contributed by atoms with Crippen molar-refractivity contribution in [3.63, 3.8) is 0 Å². The summed E-state index contributed by atoms with van der Waals surface area (Å²) in [6.07, 6.45) is 4.44. The molecule has 28 heavy (non-hydrogen) atoms. The summed E-state index contributed by atoms with van der Waals surface area (Å²) < 4.78 is 5.35. The third kappa shape index (κ3) is 6.24. The van der Waals surface area contributed by atoms with Gasteiger partial charge in [-0.25, -0.2) is 9.97 Å². The minimum atomic E-state index is -1.09. The van der Waals surface area contributed by atoms with E-state index >= 15 is 0 Å². The zero-order valence-corrected chi connectivity index (χ0v) is 17.6. The van der Waals surface area contributed by atoms with Crippen LogP contribution in [0.3, 0.4) is 0 Å². The van der Waals surface area contributed by atoms with E-state index in [0.717, 1.165) is 17.0 Å². The van der Waals surface area contributed by atoms with Gasteiger partial charge in [0.2, 0.25) is 0 Å². The molecule has 1 aliphatic rings. The van der Waals surface area contributed by atoms with Crippen LogP contribution in [0.2, 0.25) is 0 Å². The summed E-state index contributed by atoms with van der Waals surface area (Å²) in [7, 11) is 3.64. The van der Waals surface area contributed by atoms with Gasteiger partial charge in [0.25, 0.3) is 0 Å². The predicted molar refractivity (Wildman–Crippen MR) is 111 cm³/mol. The third-order valence-electron chi connectivity index (χ3n) is 4.45. The van der Waals surface area contributed by atoms with Gasteiger partial charge < -0.3 is 25.0 Å². The molecule has 156 valence electrons. The minimum absolute atomic E-state index is 0.491. The Labute approximate surface area is 167 Å². The summed E-state index contributed by atoms with van der Waals surface area (Å²) in [5.74, 6) is 0. The van der Waals surface area contributed by atoms with Crippen LogP contribution in [-0.2, 0) is 4.74 Å². The lowest BCUT2D eigenvalue weighted by molar-refractivity contribution is -0.0473. The molecule has 0 spiro atoms. The van der Waals surface area contributed by atoms with E-state index in [0.29, 0.717) is 5.57 Å². The first-order valence-corrected chi connectivity index (χ1v) is 9.25. The van der Waals surface area contributed by atoms with Crippen LogP contribution in [0.4, 0.5) is 0 Å². The summed E-state index contributed by atoms with van der Waals surface area (Å²) in [6, 6.07) is 0. The molecule has 7 heteroatoms. The lowest BCUT2D eigenvalue weighted by Gasteiger charge is -2.23. The quantitative estimate of drug-likeness (QED) is 0.656. The second kappa shape index (κ2) is 11.1. The highest BCUT2D eigenvalue weighted by molar-refractivity contribution is 5.53. The maximum atomic E-state index is 10.1. The van der Waals surface area contributed by atoms with Crippen LogP contribution >= 0.6 is 0 Å². The average Bonchev–Trinajstić information content (AvgIpc) is 2.90. The predicted octanol–water partition coefficient (Wildman–Crippen LogP) is 1.61. The van der Waals surface area contributed by atoms with Crippen LogP contribution < -0.4 is 0 Å². The Balaban J connectivity index is 0.000000307. The zero-order chi connectivity index (χ0) is 21.4. The number of nitrogens with zero attached hydrogens (tertiary/aromatic N) is 3. The highest BCUT2D eigenvalue weighted by Crippen LogP contribution is 2.26. The molecule has 3 N–H and O–H groups in total. The number of hydrogen-bond acceptors (Lipinski definition) is 7. The fraction of sp³-hybridized carbons (Fsp3) is 0.524. The average molecular weight is 392 g/mol. The summed E-state index contributed by atoms with van der Waals surface area (Å²) in [6.45, 7) is 11.2. The monoisotopic (exact) mass is 391 g/mol. The molecule has 1 aromatic rings. The number of rotatable bonds is 5. The Bertz CT molecular complexity index is 683. The Morgan fingerprint density at radius 3 is 2.18 bits per heavy atom. The number of hydrogen-bond donors (Lipinski definition) is 3. The van der Waals surface area contributed by atoms with Gasteiger partial charge in [-0.3, -0.25) is 0 Å². The molecule has 2 rings (SSSR count). The van der Waals surface area contributed by atoms with E-state index in [-0.39, 0.29) is 0 Å². The van der Waals surface area contributed by atoms with Gasteiger partial charge in [0, 0.05) is 37.2 Å². The number of aryl methyl sites for hydroxylation is 2. The summed E-state index contributed by atoms with van der Waals surface area (Å²) in [5, 5.41) is 29.4. The van der Waals surface area contributed by atoms with Crippen LogP contribution in [-0.4, -0.2) is 74.8 Å². The van der Waals surface area contributed by atoms with Crippen LogP contribution in [0.5, 0.6) is 0 Å². The van der Waals surface area contributed by atoms with Crippen LogP contribution in [0, 0.1) is 13.8 Å². The molecule has 1 saturated heterocycles. The number of aliphatic hydroxyl groups excluding tert-OH is 3. The molecule has 0 aliphatic carbocycles. The van der Waals surface area contributed by atoms with Gasteiger partial charge in [0.1, 0.15) is 30.7 Å². The van der Waals surface area contributed by atoms with Gasteiger partial charge in [-0.15, -0.1) is 0 Å². The zero-order valence-electron chi connectivity index (χ0n) is 17.6. The lowest BCUT2D eigenvalue weighted by atomic mass is 9.99. The maximum Gasteiger partial charge on any atom is 0.117 e. The van der Waals surface area contributed by atoms with Crippen molar-refractivity contribution in [1.82, 2.24) is 14.9 Å². The second-order valence-electron chi connectivity index (χ2n) is 6.99. The molecule has 1 fully saturated rings. The standard InChI is InChI=1S/C12H21NO4.C9H12N2/c1-5-8(6-13(3)4)10(15)12-11(16)9(14)7(2)17-12;1-4-5-9-7(2)10-6-11-8(9)3/h5-7,9-12,14-16H,1H2,2-4H3;4-6H,1-3H3/b8-6+;5-4-/t7-,9-,10-,11-,12+;/m0./s1. The summed E-state index contributed by atoms with van der Waals surface area (Å²) in [5.41, 5.74) is 3.75. The smallest absolute Gasteiger partial charge is 0.117 e. The van der Waals surface area contributed by atoms with E-state index in [1.54, 1.807) is 24.4 Å². The minimum Gasteiger partial charge on any atom is -0.388 e. The summed E-state index contributed by atoms with van der Waals surface area (Å²) >= 11 is 0. The molecule has 1 aliphatic heterocycles. The molecular formula is C21H33N3O4. The van der Waals surface area contributed by atoms with E-state index in [9.17, 15) is 15.3 Å².